The number of nitrogens with one attached hydrogen (secondary N) is 1. The molecule has 9 heteroatoms. The van der Waals surface area contributed by atoms with Crippen molar-refractivity contribution in [1.29, 1.82) is 0 Å². The number of carbonyl (C=O) groups is 1. The molecule has 0 unspecified atom stereocenters. The Morgan fingerprint density at radius 1 is 1.13 bits per heavy atom. The zero-order valence-corrected chi connectivity index (χ0v) is 17.5. The number of aromatic nitrogens is 2. The molecule has 1 N–H and O–H groups in total. The first kappa shape index (κ1) is 20.8. The van der Waals surface area contributed by atoms with Crippen molar-refractivity contribution in [2.45, 2.75) is 19.4 Å². The molecule has 0 radical (unpaired) electrons. The minimum absolute atomic E-state index is 0.0376. The number of hydrogen-bond acceptors (Lipinski definition) is 5. The Labute approximate surface area is 183 Å². The first-order valence-electron chi connectivity index (χ1n) is 9.54. The summed E-state index contributed by atoms with van der Waals surface area (Å²) in [5.41, 5.74) is 1.29. The molecule has 0 saturated carbocycles. The Morgan fingerprint density at radius 2 is 1.80 bits per heavy atom. The van der Waals surface area contributed by atoms with E-state index in [-0.39, 0.29) is 17.6 Å². The second-order valence-electron chi connectivity index (χ2n) is 7.22. The highest BCUT2D eigenvalue weighted by Crippen LogP contribution is 2.25. The van der Waals surface area contributed by atoms with Gasteiger partial charge >= 0.3 is 0 Å². The maximum atomic E-state index is 13.1. The largest absolute Gasteiger partial charge is 0.338 e. The fourth-order valence-electron chi connectivity index (χ4n) is 3.45. The van der Waals surface area contributed by atoms with Gasteiger partial charge in [0.05, 0.1) is 6.54 Å². The Kier molecular flexibility index (Phi) is 6.32. The van der Waals surface area contributed by atoms with E-state index < -0.39 is 0 Å². The molecule has 1 aromatic heterocycles. The highest BCUT2D eigenvalue weighted by molar-refractivity contribution is 6.35. The predicted octanol–water partition coefficient (Wildman–Crippen LogP) is 5.03. The SMILES string of the molecule is O=C(Nc1cc(Cl)cc(Cl)c1)C1CCN(Cc2nc(-c3ccc(F)cc3)no2)CC1. The van der Waals surface area contributed by atoms with E-state index in [4.69, 9.17) is 27.7 Å². The van der Waals surface area contributed by atoms with Crippen LogP contribution < -0.4 is 5.32 Å². The number of benzene rings is 2. The lowest BCUT2D eigenvalue weighted by Gasteiger charge is -2.30. The third kappa shape index (κ3) is 5.16. The third-order valence-electron chi connectivity index (χ3n) is 5.02. The van der Waals surface area contributed by atoms with Crippen molar-refractivity contribution >= 4 is 34.8 Å². The number of likely N-dealkylation sites (tertiary alicyclic amines) is 1. The molecule has 0 atom stereocenters. The fourth-order valence-corrected chi connectivity index (χ4v) is 3.98. The molecular weight excluding hydrogens is 430 g/mol. The van der Waals surface area contributed by atoms with E-state index in [1.54, 1.807) is 30.3 Å². The van der Waals surface area contributed by atoms with Crippen LogP contribution in [0.25, 0.3) is 11.4 Å². The van der Waals surface area contributed by atoms with Gasteiger partial charge in [-0.2, -0.15) is 4.98 Å². The molecule has 0 bridgehead atoms. The van der Waals surface area contributed by atoms with Crippen molar-refractivity contribution in [2.75, 3.05) is 18.4 Å². The van der Waals surface area contributed by atoms with Crippen molar-refractivity contribution in [2.24, 2.45) is 5.92 Å². The van der Waals surface area contributed by atoms with Crippen LogP contribution in [0.1, 0.15) is 18.7 Å². The Hall–Kier alpha value is -2.48. The molecule has 1 aliphatic heterocycles. The van der Waals surface area contributed by atoms with Gasteiger partial charge in [-0.1, -0.05) is 28.4 Å². The molecule has 4 rings (SSSR count). The number of halogens is 3. The van der Waals surface area contributed by atoms with Gasteiger partial charge in [-0.15, -0.1) is 0 Å². The van der Waals surface area contributed by atoms with Crippen molar-refractivity contribution in [1.82, 2.24) is 15.0 Å². The molecular formula is C21H19Cl2FN4O2. The van der Waals surface area contributed by atoms with Gasteiger partial charge in [0.1, 0.15) is 5.82 Å². The molecule has 2 aromatic carbocycles. The average Bonchev–Trinajstić information content (AvgIpc) is 3.16. The van der Waals surface area contributed by atoms with E-state index in [2.05, 4.69) is 20.4 Å². The maximum absolute atomic E-state index is 13.1. The number of anilines is 1. The fraction of sp³-hybridized carbons (Fsp3) is 0.286. The van der Waals surface area contributed by atoms with Gasteiger partial charge in [-0.3, -0.25) is 9.69 Å². The van der Waals surface area contributed by atoms with E-state index in [1.165, 1.54) is 12.1 Å². The summed E-state index contributed by atoms with van der Waals surface area (Å²) < 4.78 is 18.4. The molecule has 3 aromatic rings. The van der Waals surface area contributed by atoms with Crippen molar-refractivity contribution in [3.8, 4) is 11.4 Å². The lowest BCUT2D eigenvalue weighted by atomic mass is 9.96. The van der Waals surface area contributed by atoms with Gasteiger partial charge in [0.2, 0.25) is 17.6 Å². The van der Waals surface area contributed by atoms with E-state index in [0.29, 0.717) is 39.6 Å². The van der Waals surface area contributed by atoms with E-state index >= 15 is 0 Å². The molecule has 6 nitrogen and oxygen atoms in total. The standard InChI is InChI=1S/C21H19Cl2FN4O2/c22-15-9-16(23)11-18(10-15)25-21(29)14-5-7-28(8-6-14)12-19-26-20(27-30-19)13-1-3-17(24)4-2-13/h1-4,9-11,14H,5-8,12H2,(H,25,29). The lowest BCUT2D eigenvalue weighted by Crippen LogP contribution is -2.37. The summed E-state index contributed by atoms with van der Waals surface area (Å²) in [7, 11) is 0. The van der Waals surface area contributed by atoms with Gasteiger partial charge in [0.25, 0.3) is 0 Å². The van der Waals surface area contributed by atoms with Crippen LogP contribution in [-0.4, -0.2) is 34.0 Å². The smallest absolute Gasteiger partial charge is 0.241 e. The van der Waals surface area contributed by atoms with Crippen molar-refractivity contribution in [3.63, 3.8) is 0 Å². The number of carbonyl (C=O) groups excluding carboxylic acids is 1. The normalized spacial score (nSPS) is 15.3. The van der Waals surface area contributed by atoms with Gasteiger partial charge in [0.15, 0.2) is 0 Å². The highest BCUT2D eigenvalue weighted by Gasteiger charge is 2.26. The second kappa shape index (κ2) is 9.12. The minimum atomic E-state index is -0.312. The van der Waals surface area contributed by atoms with E-state index in [9.17, 15) is 9.18 Å². The number of amides is 1. The highest BCUT2D eigenvalue weighted by atomic mass is 35.5. The van der Waals surface area contributed by atoms with Gasteiger partial charge in [0, 0.05) is 27.2 Å². The van der Waals surface area contributed by atoms with Crippen LogP contribution in [0.15, 0.2) is 47.0 Å². The van der Waals surface area contributed by atoms with Crippen LogP contribution in [-0.2, 0) is 11.3 Å². The monoisotopic (exact) mass is 448 g/mol. The predicted molar refractivity (Wildman–Crippen MR) is 113 cm³/mol. The summed E-state index contributed by atoms with van der Waals surface area (Å²) in [6.07, 6.45) is 1.44. The van der Waals surface area contributed by atoms with Crippen LogP contribution in [0.5, 0.6) is 0 Å². The molecule has 2 heterocycles. The third-order valence-corrected chi connectivity index (χ3v) is 5.45. The zero-order chi connectivity index (χ0) is 21.1. The topological polar surface area (TPSA) is 71.3 Å². The molecule has 1 fully saturated rings. The summed E-state index contributed by atoms with van der Waals surface area (Å²) in [5.74, 6) is 0.485. The van der Waals surface area contributed by atoms with Crippen LogP contribution in [0.2, 0.25) is 10.0 Å². The second-order valence-corrected chi connectivity index (χ2v) is 8.09. The number of rotatable bonds is 5. The molecule has 1 saturated heterocycles. The van der Waals surface area contributed by atoms with Crippen LogP contribution in [0, 0.1) is 11.7 Å². The number of nitrogens with zero attached hydrogens (tertiary/aromatic N) is 3. The maximum Gasteiger partial charge on any atom is 0.241 e. The average molecular weight is 449 g/mol. The summed E-state index contributed by atoms with van der Waals surface area (Å²) >= 11 is 12.0. The van der Waals surface area contributed by atoms with Crippen molar-refractivity contribution < 1.29 is 13.7 Å². The molecule has 0 aliphatic carbocycles. The molecule has 30 heavy (non-hydrogen) atoms. The van der Waals surface area contributed by atoms with Crippen LogP contribution in [0.3, 0.4) is 0 Å². The first-order chi connectivity index (χ1) is 14.5. The number of hydrogen-bond donors (Lipinski definition) is 1. The van der Waals surface area contributed by atoms with Crippen LogP contribution >= 0.6 is 23.2 Å². The van der Waals surface area contributed by atoms with Gasteiger partial charge < -0.3 is 9.84 Å². The number of piperidine rings is 1. The Balaban J connectivity index is 1.29. The zero-order valence-electron chi connectivity index (χ0n) is 15.9. The van der Waals surface area contributed by atoms with Crippen LogP contribution in [0.4, 0.5) is 10.1 Å². The van der Waals surface area contributed by atoms with Crippen molar-refractivity contribution in [3.05, 3.63) is 64.2 Å². The first-order valence-corrected chi connectivity index (χ1v) is 10.3. The summed E-state index contributed by atoms with van der Waals surface area (Å²) in [4.78, 5) is 19.1. The quantitative estimate of drug-likeness (QED) is 0.592. The Morgan fingerprint density at radius 3 is 2.47 bits per heavy atom. The van der Waals surface area contributed by atoms with E-state index in [1.807, 2.05) is 0 Å². The van der Waals surface area contributed by atoms with Gasteiger partial charge in [-0.05, 0) is 68.4 Å². The van der Waals surface area contributed by atoms with Gasteiger partial charge in [-0.25, -0.2) is 4.39 Å². The molecule has 156 valence electrons. The molecule has 1 aliphatic rings. The summed E-state index contributed by atoms with van der Waals surface area (Å²) in [6.45, 7) is 1.98. The molecule has 1 amide bonds. The van der Waals surface area contributed by atoms with E-state index in [0.717, 1.165) is 25.9 Å². The summed E-state index contributed by atoms with van der Waals surface area (Å²) in [5, 5.41) is 7.81. The Bertz CT molecular complexity index is 1010. The summed E-state index contributed by atoms with van der Waals surface area (Å²) in [6, 6.07) is 10.9. The molecule has 0 spiro atoms. The lowest BCUT2D eigenvalue weighted by molar-refractivity contribution is -0.121. The minimum Gasteiger partial charge on any atom is -0.338 e.